The lowest BCUT2D eigenvalue weighted by atomic mass is 9.94. The lowest BCUT2D eigenvalue weighted by molar-refractivity contribution is -0.139. The standard InChI is InChI=1S/C9H13N3O2/c13-8(14)5-9(3-1-2-4-9)12-7-10-6-11-12/h6-7H,1-5H2,(H,13,14). The maximum atomic E-state index is 10.8. The highest BCUT2D eigenvalue weighted by Gasteiger charge is 2.38. The van der Waals surface area contributed by atoms with E-state index in [1.165, 1.54) is 6.33 Å². The minimum atomic E-state index is -0.762. The maximum Gasteiger partial charge on any atom is 0.305 e. The van der Waals surface area contributed by atoms with E-state index in [9.17, 15) is 4.79 Å². The quantitative estimate of drug-likeness (QED) is 0.781. The van der Waals surface area contributed by atoms with Gasteiger partial charge in [0.25, 0.3) is 0 Å². The van der Waals surface area contributed by atoms with Crippen LogP contribution in [0.4, 0.5) is 0 Å². The van der Waals surface area contributed by atoms with Crippen LogP contribution in [-0.2, 0) is 10.3 Å². The van der Waals surface area contributed by atoms with Crippen LogP contribution in [0.15, 0.2) is 12.7 Å². The fourth-order valence-electron chi connectivity index (χ4n) is 2.25. The molecule has 0 radical (unpaired) electrons. The number of hydrogen-bond donors (Lipinski definition) is 1. The van der Waals surface area contributed by atoms with E-state index < -0.39 is 5.97 Å². The Morgan fingerprint density at radius 3 is 2.71 bits per heavy atom. The van der Waals surface area contributed by atoms with Gasteiger partial charge in [0, 0.05) is 0 Å². The third-order valence-corrected chi connectivity index (χ3v) is 2.92. The Labute approximate surface area is 81.8 Å². The van der Waals surface area contributed by atoms with E-state index in [0.717, 1.165) is 25.7 Å². The van der Waals surface area contributed by atoms with Crippen molar-refractivity contribution < 1.29 is 9.90 Å². The monoisotopic (exact) mass is 195 g/mol. The normalized spacial score (nSPS) is 19.7. The van der Waals surface area contributed by atoms with E-state index in [2.05, 4.69) is 10.1 Å². The van der Waals surface area contributed by atoms with Gasteiger partial charge in [-0.2, -0.15) is 5.10 Å². The summed E-state index contributed by atoms with van der Waals surface area (Å²) in [6, 6.07) is 0. The molecule has 1 aromatic rings. The highest BCUT2D eigenvalue weighted by atomic mass is 16.4. The Hall–Kier alpha value is -1.39. The minimum Gasteiger partial charge on any atom is -0.481 e. The molecule has 1 aliphatic carbocycles. The molecule has 0 bridgehead atoms. The molecule has 0 unspecified atom stereocenters. The van der Waals surface area contributed by atoms with Crippen LogP contribution in [-0.4, -0.2) is 25.8 Å². The van der Waals surface area contributed by atoms with Crippen LogP contribution in [0.2, 0.25) is 0 Å². The summed E-state index contributed by atoms with van der Waals surface area (Å²) in [5.74, 6) is -0.762. The number of hydrogen-bond acceptors (Lipinski definition) is 3. The van der Waals surface area contributed by atoms with Crippen LogP contribution in [0.5, 0.6) is 0 Å². The van der Waals surface area contributed by atoms with Crippen molar-refractivity contribution in [1.29, 1.82) is 0 Å². The van der Waals surface area contributed by atoms with Gasteiger partial charge in [-0.3, -0.25) is 4.79 Å². The van der Waals surface area contributed by atoms with E-state index in [0.29, 0.717) is 0 Å². The number of carbonyl (C=O) groups is 1. The average Bonchev–Trinajstić information content (AvgIpc) is 2.69. The van der Waals surface area contributed by atoms with Crippen molar-refractivity contribution in [3.8, 4) is 0 Å². The molecular formula is C9H13N3O2. The SMILES string of the molecule is O=C(O)CC1(n2cncn2)CCCC1. The van der Waals surface area contributed by atoms with Crippen molar-refractivity contribution in [3.05, 3.63) is 12.7 Å². The zero-order valence-electron chi connectivity index (χ0n) is 7.89. The molecule has 1 fully saturated rings. The molecule has 1 saturated carbocycles. The van der Waals surface area contributed by atoms with E-state index in [4.69, 9.17) is 5.11 Å². The molecular weight excluding hydrogens is 182 g/mol. The average molecular weight is 195 g/mol. The first-order valence-corrected chi connectivity index (χ1v) is 4.80. The largest absolute Gasteiger partial charge is 0.481 e. The van der Waals surface area contributed by atoms with Crippen LogP contribution in [0.3, 0.4) is 0 Å². The number of carboxylic acids is 1. The number of carboxylic acid groups (broad SMARTS) is 1. The van der Waals surface area contributed by atoms with E-state index in [1.54, 1.807) is 11.0 Å². The summed E-state index contributed by atoms with van der Waals surface area (Å²) >= 11 is 0. The van der Waals surface area contributed by atoms with Crippen molar-refractivity contribution >= 4 is 5.97 Å². The molecule has 0 spiro atoms. The first kappa shape index (κ1) is 9.18. The van der Waals surface area contributed by atoms with Crippen molar-refractivity contribution in [2.24, 2.45) is 0 Å². The second kappa shape index (κ2) is 3.40. The zero-order chi connectivity index (χ0) is 10.0. The van der Waals surface area contributed by atoms with E-state index in [1.807, 2.05) is 0 Å². The molecule has 1 aromatic heterocycles. The molecule has 1 N–H and O–H groups in total. The Morgan fingerprint density at radius 1 is 1.50 bits per heavy atom. The summed E-state index contributed by atoms with van der Waals surface area (Å²) in [5, 5.41) is 12.9. The zero-order valence-corrected chi connectivity index (χ0v) is 7.89. The van der Waals surface area contributed by atoms with Crippen LogP contribution in [0.25, 0.3) is 0 Å². The summed E-state index contributed by atoms with van der Waals surface area (Å²) in [7, 11) is 0. The van der Waals surface area contributed by atoms with Gasteiger partial charge in [-0.05, 0) is 12.8 Å². The molecule has 76 valence electrons. The van der Waals surface area contributed by atoms with Gasteiger partial charge in [-0.25, -0.2) is 9.67 Å². The van der Waals surface area contributed by atoms with Crippen LogP contribution < -0.4 is 0 Å². The van der Waals surface area contributed by atoms with Crippen molar-refractivity contribution in [2.45, 2.75) is 37.6 Å². The number of nitrogens with zero attached hydrogens (tertiary/aromatic N) is 3. The van der Waals surface area contributed by atoms with Crippen LogP contribution >= 0.6 is 0 Å². The lowest BCUT2D eigenvalue weighted by Crippen LogP contribution is -2.33. The third kappa shape index (κ3) is 1.49. The summed E-state index contributed by atoms with van der Waals surface area (Å²) in [6.07, 6.45) is 7.16. The van der Waals surface area contributed by atoms with Crippen LogP contribution in [0.1, 0.15) is 32.1 Å². The van der Waals surface area contributed by atoms with Gasteiger partial charge in [-0.1, -0.05) is 12.8 Å². The fraction of sp³-hybridized carbons (Fsp3) is 0.667. The Bertz CT molecular complexity index is 315. The number of aromatic nitrogens is 3. The van der Waals surface area contributed by atoms with Gasteiger partial charge in [-0.15, -0.1) is 0 Å². The topological polar surface area (TPSA) is 68.0 Å². The van der Waals surface area contributed by atoms with Gasteiger partial charge in [0.05, 0.1) is 12.0 Å². The molecule has 14 heavy (non-hydrogen) atoms. The molecule has 5 heteroatoms. The second-order valence-corrected chi connectivity index (χ2v) is 3.84. The highest BCUT2D eigenvalue weighted by Crippen LogP contribution is 2.38. The maximum absolute atomic E-state index is 10.8. The Morgan fingerprint density at radius 2 is 2.21 bits per heavy atom. The third-order valence-electron chi connectivity index (χ3n) is 2.92. The fourth-order valence-corrected chi connectivity index (χ4v) is 2.25. The second-order valence-electron chi connectivity index (χ2n) is 3.84. The summed E-state index contributed by atoms with van der Waals surface area (Å²) in [6.45, 7) is 0. The molecule has 2 rings (SSSR count). The molecule has 0 aliphatic heterocycles. The Balaban J connectivity index is 2.26. The predicted octanol–water partition coefficient (Wildman–Crippen LogP) is 1.02. The molecule has 1 aliphatic rings. The van der Waals surface area contributed by atoms with Gasteiger partial charge in [0.15, 0.2) is 0 Å². The van der Waals surface area contributed by atoms with Gasteiger partial charge >= 0.3 is 5.97 Å². The minimum absolute atomic E-state index is 0.149. The van der Waals surface area contributed by atoms with Crippen molar-refractivity contribution in [2.75, 3.05) is 0 Å². The number of aliphatic carboxylic acids is 1. The van der Waals surface area contributed by atoms with Gasteiger partial charge in [0.2, 0.25) is 0 Å². The van der Waals surface area contributed by atoms with Gasteiger partial charge in [0.1, 0.15) is 12.7 Å². The lowest BCUT2D eigenvalue weighted by Gasteiger charge is -2.26. The molecule has 1 heterocycles. The first-order valence-electron chi connectivity index (χ1n) is 4.80. The summed E-state index contributed by atoms with van der Waals surface area (Å²) < 4.78 is 1.72. The Kier molecular flexibility index (Phi) is 2.23. The first-order chi connectivity index (χ1) is 6.73. The molecule has 0 amide bonds. The molecule has 0 atom stereocenters. The molecule has 5 nitrogen and oxygen atoms in total. The number of rotatable bonds is 3. The smallest absolute Gasteiger partial charge is 0.305 e. The molecule has 0 aromatic carbocycles. The predicted molar refractivity (Wildman–Crippen MR) is 48.7 cm³/mol. The van der Waals surface area contributed by atoms with E-state index in [-0.39, 0.29) is 12.0 Å². The molecule has 0 saturated heterocycles. The van der Waals surface area contributed by atoms with Crippen molar-refractivity contribution in [1.82, 2.24) is 14.8 Å². The highest BCUT2D eigenvalue weighted by molar-refractivity contribution is 5.68. The summed E-state index contributed by atoms with van der Waals surface area (Å²) in [4.78, 5) is 14.7. The van der Waals surface area contributed by atoms with Crippen LogP contribution in [0, 0.1) is 0 Å². The summed E-state index contributed by atoms with van der Waals surface area (Å²) in [5.41, 5.74) is -0.317. The van der Waals surface area contributed by atoms with Crippen molar-refractivity contribution in [3.63, 3.8) is 0 Å². The van der Waals surface area contributed by atoms with Gasteiger partial charge < -0.3 is 5.11 Å². The van der Waals surface area contributed by atoms with E-state index >= 15 is 0 Å².